The second kappa shape index (κ2) is 7.44. The van der Waals surface area contributed by atoms with Crippen LogP contribution in [0.2, 0.25) is 0 Å². The molecule has 0 aliphatic carbocycles. The number of carbonyl (C=O) groups is 1. The second-order valence-corrected chi connectivity index (χ2v) is 7.45. The standard InChI is InChI=1S/C19H29N5O/c1-14(2)8-9-20-19(25)24-13-21-18-16(6-5-7-17(18)24)23-11-10-22(4)15(3)12-23/h5-7,13-15H,8-12H2,1-4H3,(H,20,25). The summed E-state index contributed by atoms with van der Waals surface area (Å²) < 4.78 is 1.62. The fourth-order valence-corrected chi connectivity index (χ4v) is 3.26. The quantitative estimate of drug-likeness (QED) is 0.927. The molecule has 1 aromatic heterocycles. The van der Waals surface area contributed by atoms with Gasteiger partial charge in [0, 0.05) is 32.2 Å². The van der Waals surface area contributed by atoms with Crippen molar-refractivity contribution in [2.24, 2.45) is 5.92 Å². The van der Waals surface area contributed by atoms with Crippen molar-refractivity contribution in [3.8, 4) is 0 Å². The van der Waals surface area contributed by atoms with Gasteiger partial charge in [-0.2, -0.15) is 0 Å². The zero-order valence-electron chi connectivity index (χ0n) is 15.7. The van der Waals surface area contributed by atoms with Crippen molar-refractivity contribution in [1.29, 1.82) is 0 Å². The molecule has 0 bridgehead atoms. The summed E-state index contributed by atoms with van der Waals surface area (Å²) >= 11 is 0. The third kappa shape index (κ3) is 3.79. The van der Waals surface area contributed by atoms with Crippen LogP contribution in [0.1, 0.15) is 27.2 Å². The normalized spacial score (nSPS) is 18.9. The highest BCUT2D eigenvalue weighted by Gasteiger charge is 2.23. The number of nitrogens with zero attached hydrogens (tertiary/aromatic N) is 4. The van der Waals surface area contributed by atoms with E-state index in [-0.39, 0.29) is 6.03 Å². The molecule has 1 N–H and O–H groups in total. The Bertz CT molecular complexity index is 738. The van der Waals surface area contributed by atoms with Crippen LogP contribution in [-0.4, -0.2) is 59.8 Å². The number of likely N-dealkylation sites (N-methyl/N-ethyl adjacent to an activating group) is 1. The molecular weight excluding hydrogens is 314 g/mol. The molecule has 1 amide bonds. The molecule has 1 unspecified atom stereocenters. The van der Waals surface area contributed by atoms with Gasteiger partial charge in [-0.05, 0) is 38.4 Å². The smallest absolute Gasteiger partial charge is 0.327 e. The van der Waals surface area contributed by atoms with Crippen LogP contribution in [0, 0.1) is 5.92 Å². The van der Waals surface area contributed by atoms with Gasteiger partial charge in [-0.15, -0.1) is 0 Å². The molecule has 1 fully saturated rings. The van der Waals surface area contributed by atoms with Crippen LogP contribution in [0.4, 0.5) is 10.5 Å². The van der Waals surface area contributed by atoms with E-state index >= 15 is 0 Å². The minimum absolute atomic E-state index is 0.105. The number of hydrogen-bond donors (Lipinski definition) is 1. The number of para-hydroxylation sites is 1. The fourth-order valence-electron chi connectivity index (χ4n) is 3.26. The number of fused-ring (bicyclic) bond motifs is 1. The lowest BCUT2D eigenvalue weighted by Gasteiger charge is -2.39. The van der Waals surface area contributed by atoms with Gasteiger partial charge in [0.1, 0.15) is 11.8 Å². The number of nitrogens with one attached hydrogen (secondary N) is 1. The summed E-state index contributed by atoms with van der Waals surface area (Å²) in [4.78, 5) is 21.8. The molecule has 1 atom stereocenters. The Morgan fingerprint density at radius 3 is 2.88 bits per heavy atom. The van der Waals surface area contributed by atoms with Crippen molar-refractivity contribution in [2.75, 3.05) is 38.1 Å². The Labute approximate surface area is 149 Å². The average molecular weight is 343 g/mol. The van der Waals surface area contributed by atoms with E-state index < -0.39 is 0 Å². The highest BCUT2D eigenvalue weighted by molar-refractivity contribution is 5.95. The predicted molar refractivity (Wildman–Crippen MR) is 102 cm³/mol. The van der Waals surface area contributed by atoms with Gasteiger partial charge in [-0.25, -0.2) is 9.78 Å². The zero-order chi connectivity index (χ0) is 18.0. The molecule has 6 nitrogen and oxygen atoms in total. The van der Waals surface area contributed by atoms with Crippen LogP contribution in [0.5, 0.6) is 0 Å². The Morgan fingerprint density at radius 2 is 2.16 bits per heavy atom. The molecule has 0 saturated carbocycles. The number of anilines is 1. The average Bonchev–Trinajstić information content (AvgIpc) is 3.01. The van der Waals surface area contributed by atoms with Gasteiger partial charge in [0.15, 0.2) is 0 Å². The summed E-state index contributed by atoms with van der Waals surface area (Å²) in [5.74, 6) is 0.575. The van der Waals surface area contributed by atoms with E-state index in [1.807, 2.05) is 12.1 Å². The van der Waals surface area contributed by atoms with Gasteiger partial charge in [-0.3, -0.25) is 4.57 Å². The van der Waals surface area contributed by atoms with E-state index in [9.17, 15) is 4.79 Å². The van der Waals surface area contributed by atoms with Crippen molar-refractivity contribution in [1.82, 2.24) is 19.8 Å². The fraction of sp³-hybridized carbons (Fsp3) is 0.579. The van der Waals surface area contributed by atoms with Crippen molar-refractivity contribution in [3.63, 3.8) is 0 Å². The highest BCUT2D eigenvalue weighted by atomic mass is 16.2. The molecule has 136 valence electrons. The SMILES string of the molecule is CC(C)CCNC(=O)n1cnc2c(N3CCN(C)C(C)C3)cccc21. The van der Waals surface area contributed by atoms with E-state index in [1.165, 1.54) is 0 Å². The minimum atomic E-state index is -0.105. The summed E-state index contributed by atoms with van der Waals surface area (Å²) in [6.07, 6.45) is 2.61. The second-order valence-electron chi connectivity index (χ2n) is 7.45. The third-order valence-corrected chi connectivity index (χ3v) is 5.07. The molecule has 1 aliphatic rings. The van der Waals surface area contributed by atoms with Gasteiger partial charge in [0.05, 0.1) is 11.2 Å². The maximum absolute atomic E-state index is 12.5. The first-order valence-corrected chi connectivity index (χ1v) is 9.17. The molecule has 6 heteroatoms. The lowest BCUT2D eigenvalue weighted by atomic mass is 10.1. The molecule has 3 rings (SSSR count). The van der Waals surface area contributed by atoms with E-state index in [1.54, 1.807) is 10.9 Å². The third-order valence-electron chi connectivity index (χ3n) is 5.07. The first-order valence-electron chi connectivity index (χ1n) is 9.17. The summed E-state index contributed by atoms with van der Waals surface area (Å²) in [5.41, 5.74) is 2.88. The van der Waals surface area contributed by atoms with Gasteiger partial charge in [0.2, 0.25) is 0 Å². The highest BCUT2D eigenvalue weighted by Crippen LogP contribution is 2.27. The van der Waals surface area contributed by atoms with E-state index in [0.717, 1.165) is 42.8 Å². The van der Waals surface area contributed by atoms with Crippen LogP contribution >= 0.6 is 0 Å². The van der Waals surface area contributed by atoms with Crippen LogP contribution in [0.15, 0.2) is 24.5 Å². The maximum atomic E-state index is 12.5. The summed E-state index contributed by atoms with van der Waals surface area (Å²) in [6.45, 7) is 10.2. The summed E-state index contributed by atoms with van der Waals surface area (Å²) in [7, 11) is 2.17. The lowest BCUT2D eigenvalue weighted by molar-refractivity contribution is 0.234. The van der Waals surface area contributed by atoms with Crippen LogP contribution in [0.3, 0.4) is 0 Å². The molecule has 1 aliphatic heterocycles. The van der Waals surface area contributed by atoms with Crippen molar-refractivity contribution in [2.45, 2.75) is 33.2 Å². The largest absolute Gasteiger partial charge is 0.367 e. The number of imidazole rings is 1. The number of amides is 1. The number of hydrogen-bond acceptors (Lipinski definition) is 4. The molecular formula is C19H29N5O. The van der Waals surface area contributed by atoms with Crippen molar-refractivity contribution >= 4 is 22.8 Å². The van der Waals surface area contributed by atoms with E-state index in [0.29, 0.717) is 18.5 Å². The number of aromatic nitrogens is 2. The summed E-state index contributed by atoms with van der Waals surface area (Å²) in [6, 6.07) is 6.49. The maximum Gasteiger partial charge on any atom is 0.327 e. The molecule has 2 heterocycles. The van der Waals surface area contributed by atoms with E-state index in [4.69, 9.17) is 0 Å². The first kappa shape index (κ1) is 17.7. The van der Waals surface area contributed by atoms with Gasteiger partial charge >= 0.3 is 6.03 Å². The molecule has 2 aromatic rings. The molecule has 1 aromatic carbocycles. The molecule has 1 saturated heterocycles. The van der Waals surface area contributed by atoms with Gasteiger partial charge in [-0.1, -0.05) is 19.9 Å². The molecule has 0 spiro atoms. The number of rotatable bonds is 4. The number of carbonyl (C=O) groups excluding carboxylic acids is 1. The van der Waals surface area contributed by atoms with Crippen LogP contribution in [-0.2, 0) is 0 Å². The minimum Gasteiger partial charge on any atom is -0.367 e. The first-order chi connectivity index (χ1) is 12.0. The Kier molecular flexibility index (Phi) is 5.27. The predicted octanol–water partition coefficient (Wildman–Crippen LogP) is 2.78. The number of piperazine rings is 1. The van der Waals surface area contributed by atoms with Crippen molar-refractivity contribution < 1.29 is 4.79 Å². The Hall–Kier alpha value is -2.08. The Morgan fingerprint density at radius 1 is 1.36 bits per heavy atom. The number of benzene rings is 1. The van der Waals surface area contributed by atoms with Crippen LogP contribution < -0.4 is 10.2 Å². The zero-order valence-corrected chi connectivity index (χ0v) is 15.7. The molecule has 25 heavy (non-hydrogen) atoms. The van der Waals surface area contributed by atoms with E-state index in [2.05, 4.69) is 54.0 Å². The van der Waals surface area contributed by atoms with Crippen molar-refractivity contribution in [3.05, 3.63) is 24.5 Å². The van der Waals surface area contributed by atoms with Gasteiger partial charge < -0.3 is 15.1 Å². The summed E-state index contributed by atoms with van der Waals surface area (Å²) in [5, 5.41) is 2.98. The van der Waals surface area contributed by atoms with Gasteiger partial charge in [0.25, 0.3) is 0 Å². The van der Waals surface area contributed by atoms with Crippen LogP contribution in [0.25, 0.3) is 11.0 Å². The Balaban J connectivity index is 1.81. The lowest BCUT2D eigenvalue weighted by Crippen LogP contribution is -2.50. The topological polar surface area (TPSA) is 53.4 Å². The molecule has 0 radical (unpaired) electrons. The monoisotopic (exact) mass is 343 g/mol.